The third kappa shape index (κ3) is 9.31. The number of nitrogens with one attached hydrogen (secondary N) is 3. The minimum absolute atomic E-state index is 0.174. The number of carboxylic acid groups (broad SMARTS) is 1. The van der Waals surface area contributed by atoms with Crippen molar-refractivity contribution >= 4 is 35.5 Å². The summed E-state index contributed by atoms with van der Waals surface area (Å²) < 4.78 is 0. The van der Waals surface area contributed by atoms with Crippen molar-refractivity contribution < 1.29 is 29.4 Å². The second kappa shape index (κ2) is 13.5. The molecular formula is C19H36N4O6S. The predicted octanol–water partition coefficient (Wildman–Crippen LogP) is -0.701. The lowest BCUT2D eigenvalue weighted by Crippen LogP contribution is -2.60. The number of carboxylic acids is 1. The van der Waals surface area contributed by atoms with Crippen molar-refractivity contribution in [1.29, 1.82) is 0 Å². The van der Waals surface area contributed by atoms with Crippen LogP contribution in [0, 0.1) is 11.8 Å². The van der Waals surface area contributed by atoms with Crippen molar-refractivity contribution in [2.45, 2.75) is 71.3 Å². The third-order valence-corrected chi connectivity index (χ3v) is 5.20. The zero-order valence-electron chi connectivity index (χ0n) is 18.5. The van der Waals surface area contributed by atoms with Crippen LogP contribution in [0.1, 0.15) is 41.0 Å². The Morgan fingerprint density at radius 1 is 0.867 bits per heavy atom. The summed E-state index contributed by atoms with van der Waals surface area (Å²) in [6, 6.07) is -4.31. The Morgan fingerprint density at radius 3 is 1.80 bits per heavy atom. The molecule has 10 nitrogen and oxygen atoms in total. The molecule has 0 aliphatic rings. The predicted molar refractivity (Wildman–Crippen MR) is 116 cm³/mol. The van der Waals surface area contributed by atoms with Gasteiger partial charge in [-0.15, -0.1) is 0 Å². The molecule has 7 N–H and O–H groups in total. The lowest BCUT2D eigenvalue weighted by molar-refractivity contribution is -0.143. The van der Waals surface area contributed by atoms with E-state index in [1.165, 1.54) is 18.7 Å². The molecule has 174 valence electrons. The van der Waals surface area contributed by atoms with Gasteiger partial charge in [0.05, 0.1) is 12.1 Å². The lowest BCUT2D eigenvalue weighted by atomic mass is 10.0. The van der Waals surface area contributed by atoms with Crippen molar-refractivity contribution in [2.75, 3.05) is 12.0 Å². The zero-order chi connectivity index (χ0) is 23.6. The zero-order valence-corrected chi connectivity index (χ0v) is 19.3. The van der Waals surface area contributed by atoms with Crippen LogP contribution in [-0.4, -0.2) is 76.2 Å². The summed E-state index contributed by atoms with van der Waals surface area (Å²) in [6.07, 6.45) is 0.840. The normalized spacial score (nSPS) is 16.3. The fourth-order valence-electron chi connectivity index (χ4n) is 2.49. The number of aliphatic carboxylic acids is 1. The van der Waals surface area contributed by atoms with Crippen LogP contribution in [0.3, 0.4) is 0 Å². The van der Waals surface area contributed by atoms with Crippen LogP contribution in [0.4, 0.5) is 0 Å². The average molecular weight is 449 g/mol. The number of thioether (sulfide) groups is 1. The summed E-state index contributed by atoms with van der Waals surface area (Å²) in [5.41, 5.74) is 5.79. The van der Waals surface area contributed by atoms with Crippen LogP contribution in [0.5, 0.6) is 0 Å². The van der Waals surface area contributed by atoms with Crippen LogP contribution < -0.4 is 21.7 Å². The first-order valence-electron chi connectivity index (χ1n) is 9.89. The maximum absolute atomic E-state index is 12.7. The molecule has 11 heteroatoms. The van der Waals surface area contributed by atoms with Gasteiger partial charge in [-0.05, 0) is 37.2 Å². The van der Waals surface area contributed by atoms with Gasteiger partial charge in [0.15, 0.2) is 0 Å². The molecule has 3 amide bonds. The molecule has 0 saturated heterocycles. The van der Waals surface area contributed by atoms with E-state index in [4.69, 9.17) is 5.73 Å². The Bertz CT molecular complexity index is 600. The maximum atomic E-state index is 12.7. The second-order valence-electron chi connectivity index (χ2n) is 7.91. The van der Waals surface area contributed by atoms with Gasteiger partial charge in [0.2, 0.25) is 17.7 Å². The molecule has 0 bridgehead atoms. The van der Waals surface area contributed by atoms with Crippen LogP contribution in [-0.2, 0) is 19.2 Å². The van der Waals surface area contributed by atoms with Crippen molar-refractivity contribution in [3.63, 3.8) is 0 Å². The molecule has 0 aromatic carbocycles. The number of aliphatic hydroxyl groups is 1. The third-order valence-electron chi connectivity index (χ3n) is 4.56. The second-order valence-corrected chi connectivity index (χ2v) is 8.89. The van der Waals surface area contributed by atoms with Gasteiger partial charge in [-0.1, -0.05) is 27.7 Å². The number of rotatable bonds is 13. The SMILES string of the molecule is CSCCC(NC(=O)C(NC(=O)C(N)C(C)C)C(C)O)C(=O)NC(C(=O)O)C(C)C. The first-order chi connectivity index (χ1) is 13.8. The number of aliphatic hydroxyl groups excluding tert-OH is 1. The van der Waals surface area contributed by atoms with E-state index in [1.54, 1.807) is 27.7 Å². The van der Waals surface area contributed by atoms with E-state index in [2.05, 4.69) is 16.0 Å². The van der Waals surface area contributed by atoms with Gasteiger partial charge in [0, 0.05) is 0 Å². The molecule has 5 atom stereocenters. The Morgan fingerprint density at radius 2 is 1.40 bits per heavy atom. The highest BCUT2D eigenvalue weighted by Crippen LogP contribution is 2.07. The van der Waals surface area contributed by atoms with E-state index in [0.717, 1.165) is 0 Å². The van der Waals surface area contributed by atoms with Crippen LogP contribution in [0.2, 0.25) is 0 Å². The van der Waals surface area contributed by atoms with E-state index < -0.39 is 54.0 Å². The molecule has 0 aromatic rings. The van der Waals surface area contributed by atoms with Crippen molar-refractivity contribution in [3.8, 4) is 0 Å². The molecule has 0 heterocycles. The molecule has 30 heavy (non-hydrogen) atoms. The Labute approximate surface area is 182 Å². The van der Waals surface area contributed by atoms with Crippen molar-refractivity contribution in [3.05, 3.63) is 0 Å². The van der Waals surface area contributed by atoms with Gasteiger partial charge in [0.1, 0.15) is 18.1 Å². The van der Waals surface area contributed by atoms with Gasteiger partial charge < -0.3 is 31.9 Å². The fourth-order valence-corrected chi connectivity index (χ4v) is 2.96. The standard InChI is InChI=1S/C19H36N4O6S/c1-9(2)13(20)17(26)23-15(11(5)24)18(27)21-12(7-8-30-6)16(25)22-14(10(3)4)19(28)29/h9-15,24H,7-8,20H2,1-6H3,(H,21,27)(H,22,25)(H,23,26)(H,28,29). The molecule has 5 unspecified atom stereocenters. The Kier molecular flexibility index (Phi) is 12.6. The summed E-state index contributed by atoms with van der Waals surface area (Å²) in [6.45, 7) is 8.15. The topological polar surface area (TPSA) is 171 Å². The summed E-state index contributed by atoms with van der Waals surface area (Å²) in [4.78, 5) is 49.0. The number of hydrogen-bond donors (Lipinski definition) is 6. The molecule has 0 rings (SSSR count). The number of amides is 3. The minimum Gasteiger partial charge on any atom is -0.480 e. The lowest BCUT2D eigenvalue weighted by Gasteiger charge is -2.27. The van der Waals surface area contributed by atoms with E-state index in [1.807, 2.05) is 6.26 Å². The van der Waals surface area contributed by atoms with Crippen molar-refractivity contribution in [1.82, 2.24) is 16.0 Å². The van der Waals surface area contributed by atoms with Crippen molar-refractivity contribution in [2.24, 2.45) is 17.6 Å². The molecule has 0 aromatic heterocycles. The Hall–Kier alpha value is -1.85. The monoisotopic (exact) mass is 448 g/mol. The summed E-state index contributed by atoms with van der Waals surface area (Å²) >= 11 is 1.46. The highest BCUT2D eigenvalue weighted by atomic mass is 32.2. The minimum atomic E-state index is -1.31. The molecular weight excluding hydrogens is 412 g/mol. The van der Waals surface area contributed by atoms with Gasteiger partial charge >= 0.3 is 5.97 Å². The number of carbonyl (C=O) groups excluding carboxylic acids is 3. The highest BCUT2D eigenvalue weighted by molar-refractivity contribution is 7.98. The van der Waals surface area contributed by atoms with E-state index in [0.29, 0.717) is 5.75 Å². The quantitative estimate of drug-likeness (QED) is 0.215. The van der Waals surface area contributed by atoms with Gasteiger partial charge in [-0.25, -0.2) is 4.79 Å². The molecule has 0 spiro atoms. The molecule has 0 saturated carbocycles. The van der Waals surface area contributed by atoms with E-state index in [9.17, 15) is 29.4 Å². The van der Waals surface area contributed by atoms with Crippen LogP contribution >= 0.6 is 11.8 Å². The first kappa shape index (κ1) is 28.1. The number of carbonyl (C=O) groups is 4. The van der Waals surface area contributed by atoms with Gasteiger partial charge in [-0.3, -0.25) is 14.4 Å². The number of nitrogens with two attached hydrogens (primary N) is 1. The molecule has 0 radical (unpaired) electrons. The van der Waals surface area contributed by atoms with Crippen LogP contribution in [0.15, 0.2) is 0 Å². The molecule has 0 aliphatic carbocycles. The largest absolute Gasteiger partial charge is 0.480 e. The smallest absolute Gasteiger partial charge is 0.326 e. The Balaban J connectivity index is 5.39. The van der Waals surface area contributed by atoms with Gasteiger partial charge in [0.25, 0.3) is 0 Å². The molecule has 0 aliphatic heterocycles. The highest BCUT2D eigenvalue weighted by Gasteiger charge is 2.33. The summed E-state index contributed by atoms with van der Waals surface area (Å²) in [7, 11) is 0. The summed E-state index contributed by atoms with van der Waals surface area (Å²) in [5.74, 6) is -3.17. The average Bonchev–Trinajstić information content (AvgIpc) is 2.64. The van der Waals surface area contributed by atoms with E-state index in [-0.39, 0.29) is 18.3 Å². The molecule has 0 fully saturated rings. The first-order valence-corrected chi connectivity index (χ1v) is 11.3. The van der Waals surface area contributed by atoms with E-state index >= 15 is 0 Å². The van der Waals surface area contributed by atoms with Gasteiger partial charge in [-0.2, -0.15) is 11.8 Å². The summed E-state index contributed by atoms with van der Waals surface area (Å²) in [5, 5.41) is 26.6. The number of hydrogen-bond acceptors (Lipinski definition) is 7. The van der Waals surface area contributed by atoms with Crippen LogP contribution in [0.25, 0.3) is 0 Å². The fraction of sp³-hybridized carbons (Fsp3) is 0.789. The maximum Gasteiger partial charge on any atom is 0.326 e.